The Morgan fingerprint density at radius 1 is 1.25 bits per heavy atom. The van der Waals surface area contributed by atoms with Gasteiger partial charge in [-0.05, 0) is 32.8 Å². The molecule has 4 rings (SSSR count). The number of carbonyl (C=O) groups is 1. The van der Waals surface area contributed by atoms with Gasteiger partial charge in [0.25, 0.3) is 0 Å². The highest BCUT2D eigenvalue weighted by atomic mass is 32.2. The van der Waals surface area contributed by atoms with Crippen molar-refractivity contribution < 1.29 is 17.7 Å². The molecule has 0 atom stereocenters. The first kappa shape index (κ1) is 23.0. The van der Waals surface area contributed by atoms with Gasteiger partial charge in [-0.15, -0.1) is 22.7 Å². The molecule has 9 nitrogen and oxygen atoms in total. The van der Waals surface area contributed by atoms with E-state index in [1.54, 1.807) is 13.0 Å². The van der Waals surface area contributed by atoms with Gasteiger partial charge in [0.1, 0.15) is 0 Å². The van der Waals surface area contributed by atoms with Gasteiger partial charge in [0, 0.05) is 35.2 Å². The maximum absolute atomic E-state index is 13.3. The van der Waals surface area contributed by atoms with Crippen molar-refractivity contribution in [3.05, 3.63) is 27.9 Å². The molecule has 1 aliphatic heterocycles. The number of hydrogen-bond acceptors (Lipinski definition) is 9. The molecule has 32 heavy (non-hydrogen) atoms. The summed E-state index contributed by atoms with van der Waals surface area (Å²) in [5.74, 6) is 0.667. The quantitative estimate of drug-likeness (QED) is 0.548. The van der Waals surface area contributed by atoms with Crippen LogP contribution in [0.15, 0.2) is 20.9 Å². The van der Waals surface area contributed by atoms with Gasteiger partial charge in [0.15, 0.2) is 5.13 Å². The molecule has 0 radical (unpaired) electrons. The van der Waals surface area contributed by atoms with Gasteiger partial charge < -0.3 is 9.84 Å². The fourth-order valence-electron chi connectivity index (χ4n) is 3.52. The molecule has 172 valence electrons. The van der Waals surface area contributed by atoms with Gasteiger partial charge in [0.2, 0.25) is 27.6 Å². The average Bonchev–Trinajstić information content (AvgIpc) is 3.48. The molecule has 0 aliphatic carbocycles. The zero-order valence-corrected chi connectivity index (χ0v) is 20.7. The second-order valence-electron chi connectivity index (χ2n) is 8.10. The molecule has 0 bridgehead atoms. The van der Waals surface area contributed by atoms with Gasteiger partial charge in [-0.3, -0.25) is 4.79 Å². The third kappa shape index (κ3) is 4.63. The van der Waals surface area contributed by atoms with Crippen molar-refractivity contribution in [2.24, 2.45) is 5.92 Å². The summed E-state index contributed by atoms with van der Waals surface area (Å²) in [5, 5.41) is 9.28. The zero-order chi connectivity index (χ0) is 23.0. The summed E-state index contributed by atoms with van der Waals surface area (Å²) >= 11 is 2.72. The fourth-order valence-corrected chi connectivity index (χ4v) is 7.16. The highest BCUT2D eigenvalue weighted by Crippen LogP contribution is 2.35. The third-order valence-electron chi connectivity index (χ3n) is 5.32. The summed E-state index contributed by atoms with van der Waals surface area (Å²) < 4.78 is 33.3. The Morgan fingerprint density at radius 3 is 2.56 bits per heavy atom. The first-order valence-electron chi connectivity index (χ1n) is 10.3. The second kappa shape index (κ2) is 9.00. The molecule has 1 aliphatic rings. The smallest absolute Gasteiger partial charge is 0.244 e. The summed E-state index contributed by atoms with van der Waals surface area (Å²) in [6, 6.07) is 1.62. The molecule has 0 unspecified atom stereocenters. The monoisotopic (exact) mass is 495 g/mol. The average molecular weight is 496 g/mol. The van der Waals surface area contributed by atoms with E-state index in [-0.39, 0.29) is 22.6 Å². The molecule has 0 saturated carbocycles. The molecular formula is C20H25N5O4S3. The van der Waals surface area contributed by atoms with Crippen molar-refractivity contribution >= 4 is 43.7 Å². The number of sulfonamides is 1. The van der Waals surface area contributed by atoms with Gasteiger partial charge in [-0.1, -0.05) is 19.0 Å². The molecule has 0 spiro atoms. The van der Waals surface area contributed by atoms with Crippen molar-refractivity contribution in [2.45, 2.75) is 51.3 Å². The lowest BCUT2D eigenvalue weighted by atomic mass is 9.97. The van der Waals surface area contributed by atoms with E-state index in [1.165, 1.54) is 27.0 Å². The molecule has 3 aromatic heterocycles. The Labute approximate surface area is 194 Å². The SMILES string of the molecule is Cc1csc(NC(=O)C2CCN(S(=O)(=O)c3cc(-c4noc(C(C)C)n4)sc3C)CC2)n1. The minimum atomic E-state index is -3.68. The molecule has 4 heterocycles. The Bertz CT molecular complexity index is 1220. The number of thiophene rings is 1. The van der Waals surface area contributed by atoms with Gasteiger partial charge >= 0.3 is 0 Å². The van der Waals surface area contributed by atoms with Crippen LogP contribution in [0, 0.1) is 19.8 Å². The van der Waals surface area contributed by atoms with E-state index < -0.39 is 10.0 Å². The number of anilines is 1. The molecule has 0 aromatic carbocycles. The second-order valence-corrected chi connectivity index (χ2v) is 12.1. The van der Waals surface area contributed by atoms with Gasteiger partial charge in [-0.2, -0.15) is 9.29 Å². The molecule has 12 heteroatoms. The summed E-state index contributed by atoms with van der Waals surface area (Å²) in [7, 11) is -3.68. The van der Waals surface area contributed by atoms with Crippen molar-refractivity contribution in [3.8, 4) is 10.7 Å². The number of carbonyl (C=O) groups excluding carboxylic acids is 1. The highest BCUT2D eigenvalue weighted by molar-refractivity contribution is 7.89. The Hall–Kier alpha value is -2.15. The Kier molecular flexibility index (Phi) is 6.48. The van der Waals surface area contributed by atoms with Gasteiger partial charge in [0.05, 0.1) is 15.5 Å². The summed E-state index contributed by atoms with van der Waals surface area (Å²) in [4.78, 5) is 22.7. The van der Waals surface area contributed by atoms with Crippen LogP contribution in [0.4, 0.5) is 5.13 Å². The molecular weight excluding hydrogens is 470 g/mol. The Morgan fingerprint density at radius 2 is 1.97 bits per heavy atom. The molecule has 1 N–H and O–H groups in total. The molecule has 1 saturated heterocycles. The number of piperidine rings is 1. The summed E-state index contributed by atoms with van der Waals surface area (Å²) in [6.45, 7) is 8.14. The number of nitrogens with zero attached hydrogens (tertiary/aromatic N) is 4. The van der Waals surface area contributed by atoms with Crippen LogP contribution >= 0.6 is 22.7 Å². The number of aryl methyl sites for hydroxylation is 2. The van der Waals surface area contributed by atoms with Crippen molar-refractivity contribution in [3.63, 3.8) is 0 Å². The first-order chi connectivity index (χ1) is 15.1. The zero-order valence-electron chi connectivity index (χ0n) is 18.3. The highest BCUT2D eigenvalue weighted by Gasteiger charge is 2.34. The number of thiazole rings is 1. The minimum Gasteiger partial charge on any atom is -0.339 e. The normalized spacial score (nSPS) is 16.0. The van der Waals surface area contributed by atoms with Crippen LogP contribution < -0.4 is 5.32 Å². The van der Waals surface area contributed by atoms with Crippen LogP contribution in [0.2, 0.25) is 0 Å². The van der Waals surface area contributed by atoms with Crippen molar-refractivity contribution in [1.29, 1.82) is 0 Å². The van der Waals surface area contributed by atoms with Crippen LogP contribution in [0.3, 0.4) is 0 Å². The van der Waals surface area contributed by atoms with E-state index >= 15 is 0 Å². The standard InChI is InChI=1S/C20H25N5O4S3/c1-11(2)19-22-17(24-29-19)15-9-16(13(4)31-15)32(27,28)25-7-5-14(6-8-25)18(26)23-20-21-12(3)10-30-20/h9-11,14H,5-8H2,1-4H3,(H,21,23,26). The third-order valence-corrected chi connectivity index (χ3v) is 9.40. The molecule has 1 fully saturated rings. The maximum Gasteiger partial charge on any atom is 0.244 e. The van der Waals surface area contributed by atoms with E-state index in [0.29, 0.717) is 52.5 Å². The number of nitrogens with one attached hydrogen (secondary N) is 1. The number of amides is 1. The van der Waals surface area contributed by atoms with E-state index in [4.69, 9.17) is 4.52 Å². The van der Waals surface area contributed by atoms with E-state index in [0.717, 1.165) is 5.69 Å². The maximum atomic E-state index is 13.3. The largest absolute Gasteiger partial charge is 0.339 e. The first-order valence-corrected chi connectivity index (χ1v) is 13.5. The van der Waals surface area contributed by atoms with E-state index in [9.17, 15) is 13.2 Å². The predicted molar refractivity (Wildman–Crippen MR) is 123 cm³/mol. The van der Waals surface area contributed by atoms with Gasteiger partial charge in [-0.25, -0.2) is 13.4 Å². The van der Waals surface area contributed by atoms with Crippen molar-refractivity contribution in [1.82, 2.24) is 19.4 Å². The van der Waals surface area contributed by atoms with Crippen molar-refractivity contribution in [2.75, 3.05) is 18.4 Å². The van der Waals surface area contributed by atoms with Crippen LogP contribution in [0.5, 0.6) is 0 Å². The van der Waals surface area contributed by atoms with Crippen LogP contribution in [0.1, 0.15) is 49.1 Å². The molecule has 1 amide bonds. The number of hydrogen-bond donors (Lipinski definition) is 1. The lowest BCUT2D eigenvalue weighted by molar-refractivity contribution is -0.120. The van der Waals surface area contributed by atoms with Crippen LogP contribution in [-0.4, -0.2) is 46.8 Å². The predicted octanol–water partition coefficient (Wildman–Crippen LogP) is 4.03. The minimum absolute atomic E-state index is 0.0960. The van der Waals surface area contributed by atoms with E-state index in [2.05, 4.69) is 20.4 Å². The lowest BCUT2D eigenvalue weighted by Crippen LogP contribution is -2.41. The summed E-state index contributed by atoms with van der Waals surface area (Å²) in [5.41, 5.74) is 0.859. The van der Waals surface area contributed by atoms with Crippen LogP contribution in [0.25, 0.3) is 10.7 Å². The fraction of sp³-hybridized carbons (Fsp3) is 0.500. The summed E-state index contributed by atoms with van der Waals surface area (Å²) in [6.07, 6.45) is 0.933. The van der Waals surface area contributed by atoms with Crippen LogP contribution in [-0.2, 0) is 14.8 Å². The topological polar surface area (TPSA) is 118 Å². The Balaban J connectivity index is 1.44. The number of aromatic nitrogens is 3. The number of rotatable bonds is 6. The van der Waals surface area contributed by atoms with E-state index in [1.807, 2.05) is 26.2 Å². The lowest BCUT2D eigenvalue weighted by Gasteiger charge is -2.30. The molecule has 3 aromatic rings.